The molecular weight excluding hydrogens is 327 g/mol. The van der Waals surface area contributed by atoms with Gasteiger partial charge in [-0.3, -0.25) is 9.11 Å². The predicted molar refractivity (Wildman–Crippen MR) is 80.1 cm³/mol. The van der Waals surface area contributed by atoms with E-state index in [0.29, 0.717) is 38.5 Å². The molecule has 0 aliphatic heterocycles. The number of unbranched alkanes of at least 4 members (excludes halogenated alkanes) is 5. The second-order valence-corrected chi connectivity index (χ2v) is 8.39. The topological polar surface area (TPSA) is 109 Å². The molecule has 0 rings (SSSR count). The molecule has 0 aromatic heterocycles. The van der Waals surface area contributed by atoms with Crippen LogP contribution >= 0.6 is 0 Å². The van der Waals surface area contributed by atoms with Crippen LogP contribution in [0.3, 0.4) is 0 Å². The van der Waals surface area contributed by atoms with E-state index in [2.05, 4.69) is 0 Å². The van der Waals surface area contributed by atoms with Gasteiger partial charge < -0.3 is 1.43 Å². The molecule has 0 aromatic rings. The Balaban J connectivity index is -0.00000180. The first-order valence-corrected chi connectivity index (χ1v) is 10.2. The first kappa shape index (κ1) is 24.1. The Morgan fingerprint density at radius 2 is 1.33 bits per heavy atom. The van der Waals surface area contributed by atoms with E-state index in [0.717, 1.165) is 19.3 Å². The summed E-state index contributed by atoms with van der Waals surface area (Å²) in [5.41, 5.74) is 0. The maximum atomic E-state index is 11.2. The molecule has 0 saturated heterocycles. The fourth-order valence-corrected chi connectivity index (χ4v) is 3.57. The van der Waals surface area contributed by atoms with Gasteiger partial charge in [0.05, 0.1) is 11.0 Å². The van der Waals surface area contributed by atoms with Crippen LogP contribution in [0.2, 0.25) is 0 Å². The summed E-state index contributed by atoms with van der Waals surface area (Å²) in [5.74, 6) is -0.259. The van der Waals surface area contributed by atoms with Gasteiger partial charge in [0, 0.05) is 0 Å². The molecule has 0 aliphatic carbocycles. The molecule has 0 aliphatic rings. The maximum Gasteiger partial charge on any atom is 1.00 e. The summed E-state index contributed by atoms with van der Waals surface area (Å²) in [6, 6.07) is 0. The summed E-state index contributed by atoms with van der Waals surface area (Å²) < 4.78 is 61.1. The maximum absolute atomic E-state index is 11.2. The number of hydrogen-bond donors (Lipinski definition) is 2. The Kier molecular flexibility index (Phi) is 14.1. The molecule has 1 unspecified atom stereocenters. The largest absolute Gasteiger partial charge is 1.00 e. The molecule has 0 amide bonds. The van der Waals surface area contributed by atoms with Gasteiger partial charge in [-0.2, -0.15) is 16.8 Å². The van der Waals surface area contributed by atoms with Crippen LogP contribution in [0.15, 0.2) is 0 Å². The third-order valence-corrected chi connectivity index (χ3v) is 5.35. The van der Waals surface area contributed by atoms with Gasteiger partial charge in [0.15, 0.2) is 0 Å². The standard InChI is InChI=1S/C12H26O6S2.Na.H/c1-2-3-6-9-12(20(16,17)18)10-7-4-5-8-11-19(13,14)15;;/h12H,2-11H2,1H3,(H,13,14,15)(H,16,17,18);;/q;+1;-1. The Morgan fingerprint density at radius 3 is 1.76 bits per heavy atom. The quantitative estimate of drug-likeness (QED) is 0.285. The molecule has 6 nitrogen and oxygen atoms in total. The first-order valence-electron chi connectivity index (χ1n) is 7.08. The smallest absolute Gasteiger partial charge is 1.00 e. The zero-order valence-corrected chi connectivity index (χ0v) is 16.6. The summed E-state index contributed by atoms with van der Waals surface area (Å²) in [6.45, 7) is 2.03. The van der Waals surface area contributed by atoms with Gasteiger partial charge in [-0.25, -0.2) is 0 Å². The van der Waals surface area contributed by atoms with Crippen LogP contribution < -0.4 is 29.6 Å². The van der Waals surface area contributed by atoms with Crippen molar-refractivity contribution in [2.75, 3.05) is 5.75 Å². The Labute approximate surface area is 152 Å². The monoisotopic (exact) mass is 354 g/mol. The number of hydrogen-bond acceptors (Lipinski definition) is 4. The summed E-state index contributed by atoms with van der Waals surface area (Å²) in [7, 11) is -7.90. The summed E-state index contributed by atoms with van der Waals surface area (Å²) >= 11 is 0. The number of rotatable bonds is 12. The fourth-order valence-electron chi connectivity index (χ4n) is 2.07. The third kappa shape index (κ3) is 15.5. The predicted octanol–water partition coefficient (Wildman–Crippen LogP) is -0.222. The van der Waals surface area contributed by atoms with Crippen LogP contribution in [0.1, 0.15) is 66.1 Å². The van der Waals surface area contributed by atoms with Crippen molar-refractivity contribution in [3.8, 4) is 0 Å². The van der Waals surface area contributed by atoms with Gasteiger partial charge in [0.1, 0.15) is 0 Å². The van der Waals surface area contributed by atoms with Crippen molar-refractivity contribution in [3.05, 3.63) is 0 Å². The molecule has 0 radical (unpaired) electrons. The van der Waals surface area contributed by atoms with Crippen LogP contribution in [0.4, 0.5) is 0 Å². The first-order chi connectivity index (χ1) is 9.17. The van der Waals surface area contributed by atoms with E-state index in [4.69, 9.17) is 9.11 Å². The van der Waals surface area contributed by atoms with E-state index in [9.17, 15) is 16.8 Å². The minimum absolute atomic E-state index is 0. The zero-order chi connectivity index (χ0) is 15.6. The van der Waals surface area contributed by atoms with Crippen molar-refractivity contribution >= 4 is 20.2 Å². The van der Waals surface area contributed by atoms with Crippen molar-refractivity contribution in [2.24, 2.45) is 0 Å². The Hall–Kier alpha value is 0.820. The molecule has 1 atom stereocenters. The van der Waals surface area contributed by atoms with E-state index < -0.39 is 25.5 Å². The van der Waals surface area contributed by atoms with E-state index >= 15 is 0 Å². The molecular formula is C12H27NaO6S2. The molecule has 21 heavy (non-hydrogen) atoms. The van der Waals surface area contributed by atoms with Gasteiger partial charge >= 0.3 is 29.6 Å². The van der Waals surface area contributed by atoms with Gasteiger partial charge in [-0.1, -0.05) is 45.4 Å². The van der Waals surface area contributed by atoms with E-state index in [-0.39, 0.29) is 36.7 Å². The Bertz CT molecular complexity index is 452. The van der Waals surface area contributed by atoms with Crippen molar-refractivity contribution in [3.63, 3.8) is 0 Å². The Morgan fingerprint density at radius 1 is 0.857 bits per heavy atom. The van der Waals surface area contributed by atoms with Crippen LogP contribution in [0.25, 0.3) is 0 Å². The van der Waals surface area contributed by atoms with Crippen molar-refractivity contribution < 1.29 is 56.9 Å². The average molecular weight is 354 g/mol. The van der Waals surface area contributed by atoms with Gasteiger partial charge in [0.25, 0.3) is 20.2 Å². The second-order valence-electron chi connectivity index (χ2n) is 5.12. The van der Waals surface area contributed by atoms with E-state index in [1.165, 1.54) is 0 Å². The molecule has 0 spiro atoms. The van der Waals surface area contributed by atoms with Crippen molar-refractivity contribution in [1.82, 2.24) is 0 Å². The molecule has 0 bridgehead atoms. The second kappa shape index (κ2) is 12.3. The van der Waals surface area contributed by atoms with Crippen LogP contribution in [0, 0.1) is 0 Å². The van der Waals surface area contributed by atoms with Crippen LogP contribution in [-0.2, 0) is 20.2 Å². The summed E-state index contributed by atoms with van der Waals surface area (Å²) in [4.78, 5) is 0. The van der Waals surface area contributed by atoms with Crippen molar-refractivity contribution in [2.45, 2.75) is 70.0 Å². The molecule has 0 saturated carbocycles. The normalized spacial score (nSPS) is 13.7. The molecule has 2 N–H and O–H groups in total. The van der Waals surface area contributed by atoms with Gasteiger partial charge in [0.2, 0.25) is 0 Å². The van der Waals surface area contributed by atoms with E-state index in [1.54, 1.807) is 0 Å². The fraction of sp³-hybridized carbons (Fsp3) is 1.00. The molecule has 9 heteroatoms. The minimum atomic E-state index is -4.00. The van der Waals surface area contributed by atoms with Crippen molar-refractivity contribution in [1.29, 1.82) is 0 Å². The summed E-state index contributed by atoms with van der Waals surface area (Å²) in [6.07, 6.45) is 5.89. The van der Waals surface area contributed by atoms with Crippen LogP contribution in [0.5, 0.6) is 0 Å². The molecule has 124 valence electrons. The molecule has 0 fully saturated rings. The molecule has 0 aromatic carbocycles. The average Bonchev–Trinajstić information content (AvgIpc) is 2.28. The summed E-state index contributed by atoms with van der Waals surface area (Å²) in [5, 5.41) is -0.712. The SMILES string of the molecule is CCCCCC(CCCCCCS(=O)(=O)O)S(=O)(=O)O.[H-].[Na+]. The van der Waals surface area contributed by atoms with Gasteiger partial charge in [-0.15, -0.1) is 0 Å². The van der Waals surface area contributed by atoms with Gasteiger partial charge in [-0.05, 0) is 19.3 Å². The van der Waals surface area contributed by atoms with E-state index in [1.807, 2.05) is 6.92 Å². The van der Waals surface area contributed by atoms with Crippen LogP contribution in [-0.4, -0.2) is 36.9 Å². The zero-order valence-electron chi connectivity index (χ0n) is 14.0. The minimum Gasteiger partial charge on any atom is -1.00 e. The third-order valence-electron chi connectivity index (χ3n) is 3.23. The molecule has 0 heterocycles.